The third-order valence-electron chi connectivity index (χ3n) is 3.27. The van der Waals surface area contributed by atoms with Gasteiger partial charge in [0.15, 0.2) is 0 Å². The summed E-state index contributed by atoms with van der Waals surface area (Å²) >= 11 is 0. The Kier molecular flexibility index (Phi) is 4.15. The molecule has 1 rings (SSSR count). The summed E-state index contributed by atoms with van der Waals surface area (Å²) in [5.74, 6) is -1.05. The molecule has 0 bridgehead atoms. The van der Waals surface area contributed by atoms with Crippen molar-refractivity contribution in [2.75, 3.05) is 20.1 Å². The molecule has 2 unspecified atom stereocenters. The van der Waals surface area contributed by atoms with Gasteiger partial charge in [0.1, 0.15) is 0 Å². The van der Waals surface area contributed by atoms with Crippen LogP contribution in [0.15, 0.2) is 0 Å². The van der Waals surface area contributed by atoms with Crippen LogP contribution in [0, 0.1) is 5.92 Å². The highest BCUT2D eigenvalue weighted by Crippen LogP contribution is 2.23. The number of carboxylic acid groups (broad SMARTS) is 1. The van der Waals surface area contributed by atoms with E-state index >= 15 is 0 Å². The van der Waals surface area contributed by atoms with Crippen molar-refractivity contribution in [2.45, 2.75) is 32.7 Å². The highest BCUT2D eigenvalue weighted by Gasteiger charge is 2.32. The molecule has 2 atom stereocenters. The van der Waals surface area contributed by atoms with Crippen LogP contribution in [0.1, 0.15) is 26.7 Å². The van der Waals surface area contributed by atoms with Crippen molar-refractivity contribution in [1.29, 1.82) is 0 Å². The first-order valence-electron chi connectivity index (χ1n) is 5.71. The summed E-state index contributed by atoms with van der Waals surface area (Å²) in [4.78, 5) is 26.2. The number of nitrogens with zero attached hydrogens (tertiary/aromatic N) is 2. The molecule has 0 aromatic carbocycles. The van der Waals surface area contributed by atoms with E-state index in [2.05, 4.69) is 0 Å². The molecule has 0 radical (unpaired) electrons. The molecule has 0 aromatic heterocycles. The second-order valence-corrected chi connectivity index (χ2v) is 4.40. The van der Waals surface area contributed by atoms with E-state index in [4.69, 9.17) is 5.11 Å². The lowest BCUT2D eigenvalue weighted by atomic mass is 9.92. The van der Waals surface area contributed by atoms with Crippen molar-refractivity contribution in [3.8, 4) is 0 Å². The van der Waals surface area contributed by atoms with Crippen LogP contribution < -0.4 is 0 Å². The number of carbonyl (C=O) groups is 2. The van der Waals surface area contributed by atoms with E-state index in [0.717, 1.165) is 0 Å². The van der Waals surface area contributed by atoms with Crippen LogP contribution in [0.25, 0.3) is 0 Å². The highest BCUT2D eigenvalue weighted by atomic mass is 16.4. The SMILES string of the molecule is CCN(C)C(=O)N1CCC(C(=O)O)CC1C. The van der Waals surface area contributed by atoms with Crippen molar-refractivity contribution in [3.63, 3.8) is 0 Å². The van der Waals surface area contributed by atoms with Crippen LogP contribution >= 0.6 is 0 Å². The molecule has 1 aliphatic rings. The van der Waals surface area contributed by atoms with Gasteiger partial charge in [0.05, 0.1) is 5.92 Å². The van der Waals surface area contributed by atoms with Crippen LogP contribution in [0.2, 0.25) is 0 Å². The van der Waals surface area contributed by atoms with Gasteiger partial charge in [-0.1, -0.05) is 0 Å². The number of piperidine rings is 1. The number of aliphatic carboxylic acids is 1. The number of hydrogen-bond acceptors (Lipinski definition) is 2. The minimum Gasteiger partial charge on any atom is -0.481 e. The molecule has 1 aliphatic heterocycles. The number of hydrogen-bond donors (Lipinski definition) is 1. The Balaban J connectivity index is 2.60. The van der Waals surface area contributed by atoms with Crippen molar-refractivity contribution in [3.05, 3.63) is 0 Å². The van der Waals surface area contributed by atoms with Gasteiger partial charge < -0.3 is 14.9 Å². The van der Waals surface area contributed by atoms with Gasteiger partial charge in [-0.3, -0.25) is 4.79 Å². The lowest BCUT2D eigenvalue weighted by Crippen LogP contribution is -2.50. The number of rotatable bonds is 2. The van der Waals surface area contributed by atoms with E-state index in [0.29, 0.717) is 25.9 Å². The van der Waals surface area contributed by atoms with Gasteiger partial charge >= 0.3 is 12.0 Å². The molecule has 5 nitrogen and oxygen atoms in total. The summed E-state index contributed by atoms with van der Waals surface area (Å²) in [6.07, 6.45) is 1.11. The Labute approximate surface area is 96.0 Å². The zero-order valence-electron chi connectivity index (χ0n) is 10.1. The fourth-order valence-corrected chi connectivity index (χ4v) is 2.04. The molecule has 0 saturated carbocycles. The molecule has 5 heteroatoms. The Morgan fingerprint density at radius 2 is 2.12 bits per heavy atom. The molecule has 1 fully saturated rings. The van der Waals surface area contributed by atoms with Gasteiger partial charge in [0, 0.05) is 26.2 Å². The third kappa shape index (κ3) is 2.65. The molecule has 1 N–H and O–H groups in total. The van der Waals surface area contributed by atoms with E-state index in [1.807, 2.05) is 13.8 Å². The maximum Gasteiger partial charge on any atom is 0.319 e. The summed E-state index contributed by atoms with van der Waals surface area (Å²) < 4.78 is 0. The molecular weight excluding hydrogens is 208 g/mol. The van der Waals surface area contributed by atoms with E-state index in [9.17, 15) is 9.59 Å². The second kappa shape index (κ2) is 5.18. The van der Waals surface area contributed by atoms with Gasteiger partial charge in [0.25, 0.3) is 0 Å². The van der Waals surface area contributed by atoms with E-state index in [1.165, 1.54) is 0 Å². The Morgan fingerprint density at radius 3 is 2.56 bits per heavy atom. The molecule has 92 valence electrons. The molecule has 1 saturated heterocycles. The van der Waals surface area contributed by atoms with Crippen molar-refractivity contribution < 1.29 is 14.7 Å². The summed E-state index contributed by atoms with van der Waals surface area (Å²) in [6, 6.07) is 0.00943. The Morgan fingerprint density at radius 1 is 1.50 bits per heavy atom. The summed E-state index contributed by atoms with van der Waals surface area (Å²) in [5.41, 5.74) is 0. The van der Waals surface area contributed by atoms with Gasteiger partial charge in [0.2, 0.25) is 0 Å². The topological polar surface area (TPSA) is 60.9 Å². The first kappa shape index (κ1) is 12.8. The van der Waals surface area contributed by atoms with Crippen molar-refractivity contribution in [1.82, 2.24) is 9.80 Å². The van der Waals surface area contributed by atoms with Crippen LogP contribution in [0.5, 0.6) is 0 Å². The van der Waals surface area contributed by atoms with Crippen molar-refractivity contribution in [2.24, 2.45) is 5.92 Å². The normalized spacial score (nSPS) is 25.3. The standard InChI is InChI=1S/C11H20N2O3/c1-4-12(3)11(16)13-6-5-9(10(14)15)7-8(13)2/h8-9H,4-7H2,1-3H3,(H,14,15). The van der Waals surface area contributed by atoms with Gasteiger partial charge in [-0.2, -0.15) is 0 Å². The minimum atomic E-state index is -0.747. The molecule has 0 aliphatic carbocycles. The first-order valence-corrected chi connectivity index (χ1v) is 5.71. The van der Waals surface area contributed by atoms with Crippen LogP contribution in [0.4, 0.5) is 4.79 Å². The molecule has 16 heavy (non-hydrogen) atoms. The van der Waals surface area contributed by atoms with Crippen LogP contribution in [-0.2, 0) is 4.79 Å². The minimum absolute atomic E-state index is 0.00108. The largest absolute Gasteiger partial charge is 0.481 e. The number of carboxylic acids is 1. The predicted molar refractivity (Wildman–Crippen MR) is 60.2 cm³/mol. The molecule has 0 spiro atoms. The van der Waals surface area contributed by atoms with E-state index < -0.39 is 5.97 Å². The lowest BCUT2D eigenvalue weighted by Gasteiger charge is -2.38. The fraction of sp³-hybridized carbons (Fsp3) is 0.818. The second-order valence-electron chi connectivity index (χ2n) is 4.40. The predicted octanol–water partition coefficient (Wildman–Crippen LogP) is 1.24. The number of likely N-dealkylation sites (tertiary alicyclic amines) is 1. The zero-order valence-corrected chi connectivity index (χ0v) is 10.1. The highest BCUT2D eigenvalue weighted by molar-refractivity contribution is 5.75. The van der Waals surface area contributed by atoms with Gasteiger partial charge in [-0.25, -0.2) is 4.79 Å². The molecule has 1 heterocycles. The fourth-order valence-electron chi connectivity index (χ4n) is 2.04. The third-order valence-corrected chi connectivity index (χ3v) is 3.27. The number of carbonyl (C=O) groups excluding carboxylic acids is 1. The van der Waals surface area contributed by atoms with Crippen molar-refractivity contribution >= 4 is 12.0 Å². The van der Waals surface area contributed by atoms with Gasteiger partial charge in [-0.05, 0) is 26.7 Å². The van der Waals surface area contributed by atoms with Crippen LogP contribution in [0.3, 0.4) is 0 Å². The van der Waals surface area contributed by atoms with E-state index in [1.54, 1.807) is 16.8 Å². The molecular formula is C11H20N2O3. The zero-order chi connectivity index (χ0) is 12.3. The number of urea groups is 1. The maximum atomic E-state index is 11.9. The summed E-state index contributed by atoms with van der Waals surface area (Å²) in [5, 5.41) is 8.92. The van der Waals surface area contributed by atoms with E-state index in [-0.39, 0.29) is 18.0 Å². The maximum absolute atomic E-state index is 11.9. The van der Waals surface area contributed by atoms with Crippen LogP contribution in [-0.4, -0.2) is 53.1 Å². The lowest BCUT2D eigenvalue weighted by molar-refractivity contribution is -0.143. The molecule has 2 amide bonds. The average Bonchev–Trinajstić information content (AvgIpc) is 2.26. The quantitative estimate of drug-likeness (QED) is 0.773. The van der Waals surface area contributed by atoms with Gasteiger partial charge in [-0.15, -0.1) is 0 Å². The smallest absolute Gasteiger partial charge is 0.319 e. The monoisotopic (exact) mass is 228 g/mol. The number of amides is 2. The molecule has 0 aromatic rings. The summed E-state index contributed by atoms with van der Waals surface area (Å²) in [7, 11) is 1.76. The first-order chi connectivity index (χ1) is 7.47. The Hall–Kier alpha value is -1.26. The average molecular weight is 228 g/mol. The summed E-state index contributed by atoms with van der Waals surface area (Å²) in [6.45, 7) is 5.05. The Bertz CT molecular complexity index is 280.